The second-order valence-electron chi connectivity index (χ2n) is 7.60. The van der Waals surface area contributed by atoms with E-state index < -0.39 is 33.1 Å². The van der Waals surface area contributed by atoms with E-state index in [4.69, 9.17) is 9.84 Å². The molecule has 1 aliphatic heterocycles. The van der Waals surface area contributed by atoms with Crippen molar-refractivity contribution < 1.29 is 31.8 Å². The zero-order chi connectivity index (χ0) is 24.2. The number of fused-ring (bicyclic) bond motifs is 1. The molecule has 2 atom stereocenters. The highest BCUT2D eigenvalue weighted by Crippen LogP contribution is 2.45. The second-order valence-corrected chi connectivity index (χ2v) is 10.4. The van der Waals surface area contributed by atoms with Crippen LogP contribution >= 0.6 is 11.8 Å². The summed E-state index contributed by atoms with van der Waals surface area (Å²) < 4.78 is 60.8. The number of ether oxygens (including phenoxy) is 1. The Kier molecular flexibility index (Phi) is 8.01. The summed E-state index contributed by atoms with van der Waals surface area (Å²) in [6.07, 6.45) is 3.99. The summed E-state index contributed by atoms with van der Waals surface area (Å²) in [5.41, 5.74) is -1.12. The van der Waals surface area contributed by atoms with Crippen molar-refractivity contribution in [1.82, 2.24) is 0 Å². The molecular formula is C23H25F2NO5S2. The van der Waals surface area contributed by atoms with Gasteiger partial charge in [0.1, 0.15) is 12.0 Å². The predicted octanol–water partition coefficient (Wildman–Crippen LogP) is 5.71. The highest BCUT2D eigenvalue weighted by Gasteiger charge is 2.42. The van der Waals surface area contributed by atoms with Gasteiger partial charge in [0.25, 0.3) is 0 Å². The molecule has 0 aromatic heterocycles. The number of halogens is 2. The Morgan fingerprint density at radius 2 is 2.00 bits per heavy atom. The first-order chi connectivity index (χ1) is 15.7. The van der Waals surface area contributed by atoms with Gasteiger partial charge in [-0.2, -0.15) is 4.39 Å². The number of sulfone groups is 1. The van der Waals surface area contributed by atoms with Gasteiger partial charge in [-0.15, -0.1) is 11.8 Å². The molecule has 178 valence electrons. The molecule has 2 aromatic rings. The van der Waals surface area contributed by atoms with Crippen LogP contribution in [0.15, 0.2) is 64.3 Å². The van der Waals surface area contributed by atoms with Crippen LogP contribution in [0.1, 0.15) is 26.2 Å². The second kappa shape index (κ2) is 10.6. The fourth-order valence-corrected chi connectivity index (χ4v) is 5.96. The molecule has 2 aromatic carbocycles. The van der Waals surface area contributed by atoms with E-state index >= 15 is 4.39 Å². The standard InChI is InChI=1S/C23H25F2NO5S2/c1-3-4-8-15-13-26(16-9-6-5-7-10-16)18-11-20(32-2)19(31-14-17(24)23(27)28)12-21(18)33(29,30)22(15)25/h5-7,9-12,14-15,22H,3-4,8,13H2,1-2H3,(H,27,28)/b17-14-/t15-,22+/m1/s1. The fraction of sp³-hybridized carbons (Fsp3) is 0.348. The molecule has 1 aliphatic rings. The number of benzene rings is 2. The van der Waals surface area contributed by atoms with Gasteiger partial charge in [-0.25, -0.2) is 17.6 Å². The van der Waals surface area contributed by atoms with Crippen molar-refractivity contribution >= 4 is 38.9 Å². The van der Waals surface area contributed by atoms with Crippen molar-refractivity contribution in [1.29, 1.82) is 0 Å². The van der Waals surface area contributed by atoms with Crippen molar-refractivity contribution in [2.24, 2.45) is 5.92 Å². The summed E-state index contributed by atoms with van der Waals surface area (Å²) in [5.74, 6) is -4.20. The number of carboxylic acid groups (broad SMARTS) is 1. The summed E-state index contributed by atoms with van der Waals surface area (Å²) in [6, 6.07) is 11.8. The van der Waals surface area contributed by atoms with Crippen LogP contribution in [0.4, 0.5) is 20.2 Å². The van der Waals surface area contributed by atoms with E-state index in [9.17, 15) is 17.6 Å². The first kappa shape index (κ1) is 25.0. The highest BCUT2D eigenvalue weighted by atomic mass is 32.2. The SMILES string of the molecule is CCCC[C@@H]1CN(c2ccccc2)c2cc(SC)c(O/C=C(\F)C(=O)O)cc2S(=O)(=O)[C@@H]1F. The zero-order valence-electron chi connectivity index (χ0n) is 18.2. The van der Waals surface area contributed by atoms with E-state index in [1.165, 1.54) is 11.8 Å². The highest BCUT2D eigenvalue weighted by molar-refractivity contribution is 7.98. The van der Waals surface area contributed by atoms with Gasteiger partial charge < -0.3 is 14.7 Å². The maximum absolute atomic E-state index is 15.5. The molecule has 0 amide bonds. The van der Waals surface area contributed by atoms with Crippen molar-refractivity contribution in [2.75, 3.05) is 17.7 Å². The minimum absolute atomic E-state index is 0.0755. The summed E-state index contributed by atoms with van der Waals surface area (Å²) in [7, 11) is -4.41. The van der Waals surface area contributed by atoms with Crippen molar-refractivity contribution in [3.63, 3.8) is 0 Å². The van der Waals surface area contributed by atoms with Gasteiger partial charge in [0.05, 0.1) is 15.5 Å². The van der Waals surface area contributed by atoms with Crippen LogP contribution in [0.25, 0.3) is 0 Å². The van der Waals surface area contributed by atoms with Crippen molar-refractivity contribution in [2.45, 2.75) is 41.5 Å². The first-order valence-corrected chi connectivity index (χ1v) is 13.2. The number of rotatable bonds is 8. The van der Waals surface area contributed by atoms with Crippen LogP contribution in [0.2, 0.25) is 0 Å². The third kappa shape index (κ3) is 5.33. The van der Waals surface area contributed by atoms with Gasteiger partial charge in [-0.1, -0.05) is 38.0 Å². The molecule has 0 unspecified atom stereocenters. The first-order valence-electron chi connectivity index (χ1n) is 10.4. The van der Waals surface area contributed by atoms with Crippen LogP contribution < -0.4 is 9.64 Å². The molecule has 33 heavy (non-hydrogen) atoms. The molecule has 10 heteroatoms. The number of carbonyl (C=O) groups is 1. The van der Waals surface area contributed by atoms with Gasteiger partial charge in [0, 0.05) is 24.2 Å². The average molecular weight is 498 g/mol. The maximum Gasteiger partial charge on any atom is 0.368 e. The average Bonchev–Trinajstić information content (AvgIpc) is 2.89. The van der Waals surface area contributed by atoms with Gasteiger partial charge >= 0.3 is 5.97 Å². The summed E-state index contributed by atoms with van der Waals surface area (Å²) in [4.78, 5) is 12.7. The number of hydrogen-bond donors (Lipinski definition) is 1. The summed E-state index contributed by atoms with van der Waals surface area (Å²) >= 11 is 1.21. The van der Waals surface area contributed by atoms with Crippen LogP contribution in [0, 0.1) is 5.92 Å². The lowest BCUT2D eigenvalue weighted by Crippen LogP contribution is -2.31. The number of para-hydroxylation sites is 1. The number of unbranched alkanes of at least 4 members (excludes halogenated alkanes) is 1. The molecule has 3 rings (SSSR count). The lowest BCUT2D eigenvalue weighted by atomic mass is 10.0. The van der Waals surface area contributed by atoms with Gasteiger partial charge in [0.2, 0.25) is 21.2 Å². The van der Waals surface area contributed by atoms with E-state index in [-0.39, 0.29) is 17.2 Å². The lowest BCUT2D eigenvalue weighted by Gasteiger charge is -2.28. The van der Waals surface area contributed by atoms with E-state index in [1.54, 1.807) is 17.2 Å². The number of anilines is 2. The molecule has 0 bridgehead atoms. The van der Waals surface area contributed by atoms with Gasteiger partial charge in [-0.05, 0) is 30.9 Å². The predicted molar refractivity (Wildman–Crippen MR) is 124 cm³/mol. The minimum Gasteiger partial charge on any atom is -0.476 e. The Bertz CT molecular complexity index is 1140. The fourth-order valence-electron chi connectivity index (χ4n) is 3.72. The van der Waals surface area contributed by atoms with Crippen LogP contribution in [-0.4, -0.2) is 37.8 Å². The third-order valence-corrected chi connectivity index (χ3v) is 8.09. The summed E-state index contributed by atoms with van der Waals surface area (Å²) in [5, 5.41) is 8.71. The van der Waals surface area contributed by atoms with Gasteiger partial charge in [-0.3, -0.25) is 0 Å². The Morgan fingerprint density at radius 1 is 1.30 bits per heavy atom. The molecule has 1 heterocycles. The zero-order valence-corrected chi connectivity index (χ0v) is 19.8. The quantitative estimate of drug-likeness (QED) is 0.284. The number of alkyl halides is 1. The van der Waals surface area contributed by atoms with E-state index in [1.807, 2.05) is 37.3 Å². The molecule has 1 N–H and O–H groups in total. The topological polar surface area (TPSA) is 83.9 Å². The molecule has 0 spiro atoms. The largest absolute Gasteiger partial charge is 0.476 e. The molecule has 0 saturated heterocycles. The Hall–Kier alpha value is -2.59. The van der Waals surface area contributed by atoms with Crippen molar-refractivity contribution in [3.05, 3.63) is 54.6 Å². The number of thioether (sulfide) groups is 1. The number of hydrogen-bond acceptors (Lipinski definition) is 6. The number of carboxylic acids is 1. The maximum atomic E-state index is 15.5. The third-order valence-electron chi connectivity index (χ3n) is 5.42. The summed E-state index contributed by atoms with van der Waals surface area (Å²) in [6.45, 7) is 2.12. The number of nitrogens with zero attached hydrogens (tertiary/aromatic N) is 1. The van der Waals surface area contributed by atoms with Crippen LogP contribution in [0.3, 0.4) is 0 Å². The molecule has 0 aliphatic carbocycles. The van der Waals surface area contributed by atoms with Gasteiger partial charge in [0.15, 0.2) is 0 Å². The molecule has 0 saturated carbocycles. The number of aliphatic carboxylic acids is 1. The Labute approximate surface area is 196 Å². The lowest BCUT2D eigenvalue weighted by molar-refractivity contribution is -0.134. The van der Waals surface area contributed by atoms with Crippen LogP contribution in [-0.2, 0) is 14.6 Å². The van der Waals surface area contributed by atoms with Crippen LogP contribution in [0.5, 0.6) is 5.75 Å². The normalized spacial score (nSPS) is 20.1. The Balaban J connectivity index is 2.21. The monoisotopic (exact) mass is 497 g/mol. The molecular weight excluding hydrogens is 472 g/mol. The molecule has 6 nitrogen and oxygen atoms in total. The van der Waals surface area contributed by atoms with E-state index in [0.29, 0.717) is 35.4 Å². The smallest absolute Gasteiger partial charge is 0.368 e. The van der Waals surface area contributed by atoms with E-state index in [2.05, 4.69) is 0 Å². The molecule has 0 radical (unpaired) electrons. The minimum atomic E-state index is -4.41. The molecule has 0 fully saturated rings. The van der Waals surface area contributed by atoms with Crippen molar-refractivity contribution in [3.8, 4) is 5.75 Å². The Morgan fingerprint density at radius 3 is 2.61 bits per heavy atom. The van der Waals surface area contributed by atoms with E-state index in [0.717, 1.165) is 12.5 Å².